The topological polar surface area (TPSA) is 0 Å². The van der Waals surface area contributed by atoms with E-state index in [0.29, 0.717) is 11.8 Å². The van der Waals surface area contributed by atoms with Gasteiger partial charge in [-0.05, 0) is 0 Å². The van der Waals surface area contributed by atoms with Crippen molar-refractivity contribution in [3.8, 4) is 0 Å². The van der Waals surface area contributed by atoms with Crippen LogP contribution in [0.1, 0.15) is 73.1 Å². The Morgan fingerprint density at radius 2 is 1.86 bits per heavy atom. The molecule has 1 radical (unpaired) electrons. The Morgan fingerprint density at radius 3 is 2.48 bits per heavy atom. The zero-order valence-electron chi connectivity index (χ0n) is 14.9. The fourth-order valence-electron chi connectivity index (χ4n) is 3.36. The molecule has 0 amide bonds. The Bertz CT molecular complexity index is 375. The Hall–Kier alpha value is -0.585. The van der Waals surface area contributed by atoms with Gasteiger partial charge in [-0.15, -0.1) is 0 Å². The maximum absolute atomic E-state index is 5.71. The predicted octanol–water partition coefficient (Wildman–Crippen LogP) is 5.73. The van der Waals surface area contributed by atoms with Crippen LogP contribution in [0, 0.1) is 23.7 Å². The molecule has 0 fully saturated rings. The third-order valence-electron chi connectivity index (χ3n) is 5.15. The molecule has 1 aliphatic rings. The van der Waals surface area contributed by atoms with Crippen molar-refractivity contribution in [2.75, 3.05) is 0 Å². The summed E-state index contributed by atoms with van der Waals surface area (Å²) in [6, 6.07) is 0. The van der Waals surface area contributed by atoms with E-state index in [1.54, 1.807) is 5.57 Å². The van der Waals surface area contributed by atoms with Crippen LogP contribution in [0.25, 0.3) is 0 Å². The van der Waals surface area contributed by atoms with Crippen LogP contribution in [0.5, 0.6) is 0 Å². The van der Waals surface area contributed by atoms with Crippen LogP contribution in [0.2, 0.25) is 0 Å². The Morgan fingerprint density at radius 1 is 1.14 bits per heavy atom. The van der Waals surface area contributed by atoms with Crippen molar-refractivity contribution in [3.63, 3.8) is 0 Å². The molecule has 0 spiro atoms. The number of allylic oxidation sites excluding steroid dienone is 4. The molecular formula is C20H34B. The van der Waals surface area contributed by atoms with Crippen LogP contribution in [-0.4, -0.2) is 13.5 Å². The average Bonchev–Trinajstić information content (AvgIpc) is 2.43. The molecule has 0 heterocycles. The van der Waals surface area contributed by atoms with Gasteiger partial charge in [-0.1, -0.05) is 0 Å². The quantitative estimate of drug-likeness (QED) is 0.475. The van der Waals surface area contributed by atoms with Gasteiger partial charge in [0.15, 0.2) is 0 Å². The summed E-state index contributed by atoms with van der Waals surface area (Å²) in [5, 5.41) is 0. The van der Waals surface area contributed by atoms with Gasteiger partial charge in [0.05, 0.1) is 0 Å². The molecule has 1 heteroatoms. The number of rotatable bonds is 9. The first-order chi connectivity index (χ1) is 9.95. The van der Waals surface area contributed by atoms with Crippen molar-refractivity contribution < 1.29 is 0 Å². The summed E-state index contributed by atoms with van der Waals surface area (Å²) in [5.74, 6) is 4.80. The van der Waals surface area contributed by atoms with E-state index in [1.165, 1.54) is 37.7 Å². The molecule has 0 saturated heterocycles. The van der Waals surface area contributed by atoms with E-state index in [0.717, 1.165) is 18.3 Å². The third kappa shape index (κ3) is 6.37. The second-order valence-electron chi connectivity index (χ2n) is 7.49. The molecule has 3 atom stereocenters. The first-order valence-electron chi connectivity index (χ1n) is 8.86. The maximum atomic E-state index is 5.71. The average molecular weight is 285 g/mol. The molecule has 0 aromatic rings. The SMILES string of the molecule is [B]=CCC1C(CCC(C)CCCC(C)C)=CC=C(C)C1C. The summed E-state index contributed by atoms with van der Waals surface area (Å²) in [6.45, 7) is 11.6. The molecule has 0 saturated carbocycles. The van der Waals surface area contributed by atoms with Gasteiger partial charge in [-0.2, -0.15) is 0 Å². The molecule has 1 rings (SSSR count). The third-order valence-corrected chi connectivity index (χ3v) is 5.15. The second kappa shape index (κ2) is 9.44. The van der Waals surface area contributed by atoms with Crippen LogP contribution in [0.3, 0.4) is 0 Å². The van der Waals surface area contributed by atoms with Crippen LogP contribution in [0.4, 0.5) is 0 Å². The van der Waals surface area contributed by atoms with Crippen molar-refractivity contribution in [2.24, 2.45) is 23.7 Å². The fourth-order valence-corrected chi connectivity index (χ4v) is 3.36. The van der Waals surface area contributed by atoms with Crippen molar-refractivity contribution >= 4 is 13.5 Å². The Balaban J connectivity index is 2.46. The molecule has 0 nitrogen and oxygen atoms in total. The molecule has 0 aromatic heterocycles. The normalized spacial score (nSPS) is 23.7. The van der Waals surface area contributed by atoms with Crippen molar-refractivity contribution in [2.45, 2.75) is 73.1 Å². The number of hydrogen-bond acceptors (Lipinski definition) is 0. The summed E-state index contributed by atoms with van der Waals surface area (Å²) in [6.07, 6.45) is 12.4. The van der Waals surface area contributed by atoms with E-state index in [1.807, 2.05) is 5.97 Å². The molecule has 3 unspecified atom stereocenters. The van der Waals surface area contributed by atoms with Gasteiger partial charge in [0.25, 0.3) is 0 Å². The minimum atomic E-state index is 0.628. The van der Waals surface area contributed by atoms with Gasteiger partial charge in [0.2, 0.25) is 0 Å². The van der Waals surface area contributed by atoms with Crippen molar-refractivity contribution in [1.82, 2.24) is 0 Å². The Kier molecular flexibility index (Phi) is 8.30. The first-order valence-corrected chi connectivity index (χ1v) is 8.86. The van der Waals surface area contributed by atoms with Gasteiger partial charge in [0.1, 0.15) is 0 Å². The molecule has 0 aromatic carbocycles. The first kappa shape index (κ1) is 18.5. The van der Waals surface area contributed by atoms with E-state index in [4.69, 9.17) is 7.49 Å². The van der Waals surface area contributed by atoms with E-state index in [2.05, 4.69) is 46.8 Å². The summed E-state index contributed by atoms with van der Waals surface area (Å²) in [4.78, 5) is 0. The Labute approximate surface area is 134 Å². The van der Waals surface area contributed by atoms with Crippen LogP contribution < -0.4 is 0 Å². The van der Waals surface area contributed by atoms with E-state index in [9.17, 15) is 0 Å². The van der Waals surface area contributed by atoms with Gasteiger partial charge < -0.3 is 0 Å². The van der Waals surface area contributed by atoms with Crippen molar-refractivity contribution in [3.05, 3.63) is 23.3 Å². The summed E-state index contributed by atoms with van der Waals surface area (Å²) in [7, 11) is 5.71. The second-order valence-corrected chi connectivity index (χ2v) is 7.49. The summed E-state index contributed by atoms with van der Waals surface area (Å²) >= 11 is 0. The number of hydrogen-bond donors (Lipinski definition) is 0. The predicted molar refractivity (Wildman–Crippen MR) is 98.0 cm³/mol. The van der Waals surface area contributed by atoms with Gasteiger partial charge in [0, 0.05) is 0 Å². The monoisotopic (exact) mass is 285 g/mol. The molecule has 0 N–H and O–H groups in total. The summed E-state index contributed by atoms with van der Waals surface area (Å²) < 4.78 is 0. The molecule has 21 heavy (non-hydrogen) atoms. The van der Waals surface area contributed by atoms with E-state index >= 15 is 0 Å². The molecule has 0 bridgehead atoms. The van der Waals surface area contributed by atoms with E-state index in [-0.39, 0.29) is 0 Å². The zero-order chi connectivity index (χ0) is 15.8. The van der Waals surface area contributed by atoms with Gasteiger partial charge >= 0.3 is 134 Å². The fraction of sp³-hybridized carbons (Fsp3) is 0.750. The standard InChI is InChI=1S/C20H34B/c1-15(2)7-6-8-16(3)9-11-19-12-10-17(4)18(5)20(19)13-14-21/h10,12,14-16,18,20H,6-9,11,13H2,1-5H3. The van der Waals surface area contributed by atoms with E-state index < -0.39 is 0 Å². The molecule has 1 aliphatic carbocycles. The van der Waals surface area contributed by atoms with Crippen LogP contribution in [0.15, 0.2) is 23.3 Å². The van der Waals surface area contributed by atoms with Crippen LogP contribution in [-0.2, 0) is 0 Å². The van der Waals surface area contributed by atoms with Crippen LogP contribution >= 0.6 is 0 Å². The minimum absolute atomic E-state index is 0.628. The zero-order valence-corrected chi connectivity index (χ0v) is 14.9. The summed E-state index contributed by atoms with van der Waals surface area (Å²) in [5.41, 5.74) is 3.11. The molecular weight excluding hydrogens is 251 g/mol. The molecule has 117 valence electrons. The van der Waals surface area contributed by atoms with Gasteiger partial charge in [-0.25, -0.2) is 0 Å². The van der Waals surface area contributed by atoms with Crippen molar-refractivity contribution in [1.29, 1.82) is 0 Å². The molecule has 0 aliphatic heterocycles. The van der Waals surface area contributed by atoms with Gasteiger partial charge in [-0.3, -0.25) is 0 Å².